The first-order chi connectivity index (χ1) is 19.3. The second-order valence-corrected chi connectivity index (χ2v) is 9.19. The minimum absolute atomic E-state index is 0.144. The lowest BCUT2D eigenvalue weighted by Gasteiger charge is -2.16. The lowest BCUT2D eigenvalue weighted by molar-refractivity contribution is 0.0595. The van der Waals surface area contributed by atoms with Crippen molar-refractivity contribution in [3.63, 3.8) is 0 Å². The maximum absolute atomic E-state index is 15.5. The molecular formula is C31H22F5NO3. The minimum Gasteiger partial charge on any atom is -0.472 e. The number of halogens is 5. The van der Waals surface area contributed by atoms with Crippen molar-refractivity contribution in [3.8, 4) is 17.0 Å². The van der Waals surface area contributed by atoms with Gasteiger partial charge in [-0.15, -0.1) is 0 Å². The molecule has 1 aliphatic rings. The van der Waals surface area contributed by atoms with Crippen LogP contribution in [0.5, 0.6) is 5.88 Å². The highest BCUT2D eigenvalue weighted by Crippen LogP contribution is 2.44. The number of pyridine rings is 1. The zero-order valence-corrected chi connectivity index (χ0v) is 21.2. The second kappa shape index (κ2) is 11.3. The van der Waals surface area contributed by atoms with E-state index in [4.69, 9.17) is 9.47 Å². The van der Waals surface area contributed by atoms with Crippen LogP contribution in [0.1, 0.15) is 46.3 Å². The van der Waals surface area contributed by atoms with Gasteiger partial charge in [-0.3, -0.25) is 0 Å². The van der Waals surface area contributed by atoms with E-state index in [-0.39, 0.29) is 29.2 Å². The number of carbonyl (C=O) groups excluding carboxylic acids is 1. The fraction of sp³-hybridized carbons (Fsp3) is 0.161. The number of esters is 1. The molecule has 0 atom stereocenters. The van der Waals surface area contributed by atoms with Gasteiger partial charge in [0.2, 0.25) is 5.88 Å². The molecule has 0 bridgehead atoms. The molecule has 0 fully saturated rings. The Morgan fingerprint density at radius 2 is 1.55 bits per heavy atom. The van der Waals surface area contributed by atoms with Crippen molar-refractivity contribution in [2.75, 3.05) is 7.11 Å². The van der Waals surface area contributed by atoms with Gasteiger partial charge in [-0.2, -0.15) is 0 Å². The molecule has 1 aliphatic carbocycles. The molecule has 9 heteroatoms. The van der Waals surface area contributed by atoms with Crippen LogP contribution < -0.4 is 4.74 Å². The Kier molecular flexibility index (Phi) is 7.64. The molecule has 1 heterocycles. The molecule has 0 aliphatic heterocycles. The molecule has 204 valence electrons. The van der Waals surface area contributed by atoms with Gasteiger partial charge in [0.1, 0.15) is 35.7 Å². The van der Waals surface area contributed by atoms with Crippen LogP contribution in [0.25, 0.3) is 22.3 Å². The SMILES string of the molecule is COC(=O)c1cc(C2=C(c3cccnc3OCc3ccc(F)cc3F)CCC2)cc(-c2ccc(F)cc2F)c1F. The molecule has 4 nitrogen and oxygen atoms in total. The lowest BCUT2D eigenvalue weighted by atomic mass is 9.92. The largest absolute Gasteiger partial charge is 0.472 e. The van der Waals surface area contributed by atoms with Crippen molar-refractivity contribution in [1.29, 1.82) is 0 Å². The van der Waals surface area contributed by atoms with Crippen molar-refractivity contribution in [2.24, 2.45) is 0 Å². The van der Waals surface area contributed by atoms with E-state index >= 15 is 4.39 Å². The van der Waals surface area contributed by atoms with Gasteiger partial charge in [-0.1, -0.05) is 0 Å². The number of hydrogen-bond donors (Lipinski definition) is 0. The maximum Gasteiger partial charge on any atom is 0.340 e. The Bertz CT molecular complexity index is 1650. The summed E-state index contributed by atoms with van der Waals surface area (Å²) < 4.78 is 81.8. The van der Waals surface area contributed by atoms with E-state index in [0.29, 0.717) is 30.0 Å². The Morgan fingerprint density at radius 1 is 0.825 bits per heavy atom. The summed E-state index contributed by atoms with van der Waals surface area (Å²) >= 11 is 0. The zero-order chi connectivity index (χ0) is 28.4. The molecule has 3 aromatic carbocycles. The van der Waals surface area contributed by atoms with Crippen molar-refractivity contribution < 1.29 is 36.2 Å². The lowest BCUT2D eigenvalue weighted by Crippen LogP contribution is -2.07. The van der Waals surface area contributed by atoms with E-state index in [0.717, 1.165) is 48.9 Å². The summed E-state index contributed by atoms with van der Waals surface area (Å²) in [7, 11) is 1.11. The third kappa shape index (κ3) is 5.32. The average molecular weight is 552 g/mol. The Morgan fingerprint density at radius 3 is 2.27 bits per heavy atom. The molecule has 5 rings (SSSR count). The molecule has 0 radical (unpaired) electrons. The highest BCUT2D eigenvalue weighted by molar-refractivity contribution is 5.98. The van der Waals surface area contributed by atoms with Crippen LogP contribution >= 0.6 is 0 Å². The Hall–Kier alpha value is -4.53. The van der Waals surface area contributed by atoms with Crippen LogP contribution in [0.15, 0.2) is 66.9 Å². The molecule has 0 amide bonds. The number of aromatic nitrogens is 1. The summed E-state index contributed by atoms with van der Waals surface area (Å²) in [6.45, 7) is -0.199. The van der Waals surface area contributed by atoms with E-state index in [1.807, 2.05) is 0 Å². The standard InChI is InChI=1S/C31H22F5NO3/c1-39-31(38)26-13-18(12-25(29(26)36)23-10-9-20(33)15-28(23)35)21-4-2-5-22(21)24-6-3-11-37-30(24)40-16-17-7-8-19(32)14-27(17)34/h3,6-15H,2,4-5,16H2,1H3. The molecule has 0 saturated heterocycles. The van der Waals surface area contributed by atoms with Gasteiger partial charge < -0.3 is 9.47 Å². The third-order valence-electron chi connectivity index (χ3n) is 6.74. The van der Waals surface area contributed by atoms with Crippen molar-refractivity contribution >= 4 is 17.1 Å². The van der Waals surface area contributed by atoms with Gasteiger partial charge in [0, 0.05) is 40.6 Å². The van der Waals surface area contributed by atoms with Gasteiger partial charge in [-0.05, 0) is 84.5 Å². The molecule has 0 N–H and O–H groups in total. The van der Waals surface area contributed by atoms with Gasteiger partial charge in [-0.25, -0.2) is 31.7 Å². The molecule has 0 unspecified atom stereocenters. The zero-order valence-electron chi connectivity index (χ0n) is 21.2. The van der Waals surface area contributed by atoms with E-state index in [2.05, 4.69) is 4.98 Å². The number of benzene rings is 3. The van der Waals surface area contributed by atoms with E-state index < -0.39 is 40.6 Å². The van der Waals surface area contributed by atoms with Crippen LogP contribution in [0.3, 0.4) is 0 Å². The molecular weight excluding hydrogens is 529 g/mol. The minimum atomic E-state index is -0.993. The quantitative estimate of drug-likeness (QED) is 0.173. The van der Waals surface area contributed by atoms with Crippen LogP contribution in [0, 0.1) is 29.1 Å². The highest BCUT2D eigenvalue weighted by atomic mass is 19.1. The van der Waals surface area contributed by atoms with Crippen LogP contribution in [-0.4, -0.2) is 18.1 Å². The van der Waals surface area contributed by atoms with E-state index in [9.17, 15) is 22.4 Å². The van der Waals surface area contributed by atoms with E-state index in [1.54, 1.807) is 12.1 Å². The van der Waals surface area contributed by atoms with Gasteiger partial charge in [0.25, 0.3) is 0 Å². The predicted molar refractivity (Wildman–Crippen MR) is 139 cm³/mol. The summed E-state index contributed by atoms with van der Waals surface area (Å²) in [5.74, 6) is -4.99. The summed E-state index contributed by atoms with van der Waals surface area (Å²) in [6, 6.07) is 12.2. The topological polar surface area (TPSA) is 48.4 Å². The predicted octanol–water partition coefficient (Wildman–Crippen LogP) is 7.90. The fourth-order valence-corrected chi connectivity index (χ4v) is 4.84. The third-order valence-corrected chi connectivity index (χ3v) is 6.74. The molecule has 40 heavy (non-hydrogen) atoms. The molecule has 1 aromatic heterocycles. The summed E-state index contributed by atoms with van der Waals surface area (Å²) in [5, 5.41) is 0. The smallest absolute Gasteiger partial charge is 0.340 e. The van der Waals surface area contributed by atoms with Crippen molar-refractivity contribution in [3.05, 3.63) is 118 Å². The number of hydrogen-bond acceptors (Lipinski definition) is 4. The Labute approximate surface area is 226 Å². The summed E-state index contributed by atoms with van der Waals surface area (Å²) in [5.41, 5.74) is 1.93. The number of rotatable bonds is 7. The number of nitrogens with zero attached hydrogens (tertiary/aromatic N) is 1. The highest BCUT2D eigenvalue weighted by Gasteiger charge is 2.26. The summed E-state index contributed by atoms with van der Waals surface area (Å²) in [4.78, 5) is 16.8. The number of ether oxygens (including phenoxy) is 2. The van der Waals surface area contributed by atoms with Crippen molar-refractivity contribution in [2.45, 2.75) is 25.9 Å². The van der Waals surface area contributed by atoms with Crippen LogP contribution in [0.2, 0.25) is 0 Å². The first-order valence-corrected chi connectivity index (χ1v) is 12.4. The van der Waals surface area contributed by atoms with Crippen LogP contribution in [-0.2, 0) is 11.3 Å². The second-order valence-electron chi connectivity index (χ2n) is 9.19. The normalized spacial score (nSPS) is 13.1. The first-order valence-electron chi connectivity index (χ1n) is 12.4. The monoisotopic (exact) mass is 551 g/mol. The number of carbonyl (C=O) groups is 1. The molecule has 0 saturated carbocycles. The van der Waals surface area contributed by atoms with Gasteiger partial charge in [0.15, 0.2) is 0 Å². The summed E-state index contributed by atoms with van der Waals surface area (Å²) in [6.07, 6.45) is 3.37. The first kappa shape index (κ1) is 27.1. The van der Waals surface area contributed by atoms with Crippen molar-refractivity contribution in [1.82, 2.24) is 4.98 Å². The van der Waals surface area contributed by atoms with E-state index in [1.165, 1.54) is 24.4 Å². The van der Waals surface area contributed by atoms with Gasteiger partial charge in [0.05, 0.1) is 12.7 Å². The fourth-order valence-electron chi connectivity index (χ4n) is 4.84. The molecule has 0 spiro atoms. The Balaban J connectivity index is 1.61. The number of allylic oxidation sites excluding steroid dienone is 2. The average Bonchev–Trinajstić information content (AvgIpc) is 3.43. The number of methoxy groups -OCH3 is 1. The van der Waals surface area contributed by atoms with Crippen LogP contribution in [0.4, 0.5) is 22.0 Å². The maximum atomic E-state index is 15.5. The van der Waals surface area contributed by atoms with Gasteiger partial charge >= 0.3 is 5.97 Å². The molecule has 4 aromatic rings.